The Labute approximate surface area is 95.8 Å². The molecule has 1 heterocycles. The van der Waals surface area contributed by atoms with Crippen molar-refractivity contribution in [3.8, 4) is 0 Å². The monoisotopic (exact) mass is 227 g/mol. The molecule has 0 bridgehead atoms. The standard InChI is InChI=1S/C11H18ClN3/c1-15-8-9(7-14-15)2-3-13-6-10-4-11(12)5-10/h7-8,10-11,13H,2-6H2,1H3. The van der Waals surface area contributed by atoms with E-state index in [4.69, 9.17) is 11.6 Å². The minimum atomic E-state index is 0.440. The summed E-state index contributed by atoms with van der Waals surface area (Å²) in [7, 11) is 1.95. The largest absolute Gasteiger partial charge is 0.316 e. The van der Waals surface area contributed by atoms with Crippen molar-refractivity contribution >= 4 is 11.6 Å². The highest BCUT2D eigenvalue weighted by atomic mass is 35.5. The van der Waals surface area contributed by atoms with E-state index in [9.17, 15) is 0 Å². The average molecular weight is 228 g/mol. The van der Waals surface area contributed by atoms with Gasteiger partial charge in [0.25, 0.3) is 0 Å². The van der Waals surface area contributed by atoms with Crippen LogP contribution in [0.1, 0.15) is 18.4 Å². The van der Waals surface area contributed by atoms with Crippen molar-refractivity contribution < 1.29 is 0 Å². The van der Waals surface area contributed by atoms with Gasteiger partial charge in [-0.15, -0.1) is 11.6 Å². The summed E-state index contributed by atoms with van der Waals surface area (Å²) in [5.74, 6) is 0.807. The molecule has 2 rings (SSSR count). The molecule has 0 atom stereocenters. The third-order valence-electron chi connectivity index (χ3n) is 2.96. The summed E-state index contributed by atoms with van der Waals surface area (Å²) >= 11 is 5.92. The normalized spacial score (nSPS) is 25.2. The van der Waals surface area contributed by atoms with Gasteiger partial charge in [0.15, 0.2) is 0 Å². The molecule has 0 radical (unpaired) electrons. The van der Waals surface area contributed by atoms with Gasteiger partial charge in [-0.05, 0) is 43.8 Å². The zero-order valence-electron chi connectivity index (χ0n) is 9.12. The van der Waals surface area contributed by atoms with Crippen LogP contribution in [-0.2, 0) is 13.5 Å². The lowest BCUT2D eigenvalue weighted by molar-refractivity contribution is 0.310. The number of nitrogens with one attached hydrogen (secondary N) is 1. The molecule has 1 fully saturated rings. The van der Waals surface area contributed by atoms with Crippen molar-refractivity contribution in [3.05, 3.63) is 18.0 Å². The van der Waals surface area contributed by atoms with Gasteiger partial charge in [0.2, 0.25) is 0 Å². The average Bonchev–Trinajstić information content (AvgIpc) is 2.55. The maximum atomic E-state index is 5.92. The summed E-state index contributed by atoms with van der Waals surface area (Å²) in [4.78, 5) is 0. The highest BCUT2D eigenvalue weighted by Gasteiger charge is 2.26. The Morgan fingerprint density at radius 1 is 1.60 bits per heavy atom. The summed E-state index contributed by atoms with van der Waals surface area (Å²) in [5.41, 5.74) is 1.30. The van der Waals surface area contributed by atoms with Crippen LogP contribution in [-0.4, -0.2) is 28.2 Å². The van der Waals surface area contributed by atoms with Crippen molar-refractivity contribution in [3.63, 3.8) is 0 Å². The van der Waals surface area contributed by atoms with Crippen LogP contribution >= 0.6 is 11.6 Å². The maximum absolute atomic E-state index is 5.92. The number of aromatic nitrogens is 2. The Kier molecular flexibility index (Phi) is 3.65. The van der Waals surface area contributed by atoms with Crippen molar-refractivity contribution in [2.24, 2.45) is 13.0 Å². The van der Waals surface area contributed by atoms with Gasteiger partial charge >= 0.3 is 0 Å². The lowest BCUT2D eigenvalue weighted by Crippen LogP contribution is -2.34. The Morgan fingerprint density at radius 3 is 3.00 bits per heavy atom. The Hall–Kier alpha value is -0.540. The van der Waals surface area contributed by atoms with Gasteiger partial charge < -0.3 is 5.32 Å². The number of nitrogens with zero attached hydrogens (tertiary/aromatic N) is 2. The van der Waals surface area contributed by atoms with Crippen LogP contribution in [0.4, 0.5) is 0 Å². The van der Waals surface area contributed by atoms with Crippen LogP contribution in [0.25, 0.3) is 0 Å². The Balaban J connectivity index is 1.55. The molecule has 1 saturated carbocycles. The molecule has 0 aromatic carbocycles. The molecular formula is C11H18ClN3. The van der Waals surface area contributed by atoms with E-state index in [1.54, 1.807) is 0 Å². The topological polar surface area (TPSA) is 29.9 Å². The molecule has 0 spiro atoms. The fourth-order valence-corrected chi connectivity index (χ4v) is 2.46. The van der Waals surface area contributed by atoms with Crippen LogP contribution in [0.2, 0.25) is 0 Å². The van der Waals surface area contributed by atoms with E-state index in [-0.39, 0.29) is 0 Å². The molecule has 3 nitrogen and oxygen atoms in total. The third kappa shape index (κ3) is 3.21. The molecule has 1 N–H and O–H groups in total. The molecule has 0 saturated heterocycles. The molecule has 15 heavy (non-hydrogen) atoms. The molecule has 1 aliphatic carbocycles. The smallest absolute Gasteiger partial charge is 0.0522 e. The fraction of sp³-hybridized carbons (Fsp3) is 0.727. The number of halogens is 1. The van der Waals surface area contributed by atoms with Crippen LogP contribution < -0.4 is 5.32 Å². The first-order valence-electron chi connectivity index (χ1n) is 5.56. The predicted octanol–water partition coefficient (Wildman–Crippen LogP) is 1.57. The number of hydrogen-bond acceptors (Lipinski definition) is 2. The van der Waals surface area contributed by atoms with Crippen LogP contribution in [0, 0.1) is 5.92 Å². The Bertz CT molecular complexity index is 305. The highest BCUT2D eigenvalue weighted by Crippen LogP contribution is 2.30. The molecule has 0 amide bonds. The molecular weight excluding hydrogens is 210 g/mol. The predicted molar refractivity (Wildman–Crippen MR) is 62.1 cm³/mol. The van der Waals surface area contributed by atoms with E-state index in [0.717, 1.165) is 25.4 Å². The van der Waals surface area contributed by atoms with E-state index >= 15 is 0 Å². The zero-order valence-corrected chi connectivity index (χ0v) is 9.87. The van der Waals surface area contributed by atoms with Crippen LogP contribution in [0.3, 0.4) is 0 Å². The Morgan fingerprint density at radius 2 is 2.40 bits per heavy atom. The molecule has 1 aromatic heterocycles. The lowest BCUT2D eigenvalue weighted by atomic mass is 9.85. The molecule has 1 aliphatic rings. The number of alkyl halides is 1. The van der Waals surface area contributed by atoms with Crippen molar-refractivity contribution in [1.82, 2.24) is 15.1 Å². The van der Waals surface area contributed by atoms with E-state index in [1.165, 1.54) is 18.4 Å². The summed E-state index contributed by atoms with van der Waals surface area (Å²) in [5, 5.41) is 8.05. The third-order valence-corrected chi connectivity index (χ3v) is 3.32. The van der Waals surface area contributed by atoms with E-state index < -0.39 is 0 Å². The molecule has 0 aliphatic heterocycles. The van der Waals surface area contributed by atoms with E-state index in [2.05, 4.69) is 16.6 Å². The second-order valence-corrected chi connectivity index (χ2v) is 5.03. The van der Waals surface area contributed by atoms with Gasteiger partial charge in [-0.25, -0.2) is 0 Å². The van der Waals surface area contributed by atoms with Gasteiger partial charge in [0.1, 0.15) is 0 Å². The fourth-order valence-electron chi connectivity index (χ4n) is 1.96. The van der Waals surface area contributed by atoms with Crippen LogP contribution in [0.15, 0.2) is 12.4 Å². The summed E-state index contributed by atoms with van der Waals surface area (Å²) in [6.45, 7) is 2.15. The first-order chi connectivity index (χ1) is 7.24. The number of rotatable bonds is 5. The van der Waals surface area contributed by atoms with E-state index in [1.807, 2.05) is 17.9 Å². The summed E-state index contributed by atoms with van der Waals surface area (Å²) in [6, 6.07) is 0. The minimum absolute atomic E-state index is 0.440. The van der Waals surface area contributed by atoms with Gasteiger partial charge in [-0.1, -0.05) is 0 Å². The molecule has 4 heteroatoms. The summed E-state index contributed by atoms with van der Waals surface area (Å²) in [6.07, 6.45) is 7.42. The molecule has 0 unspecified atom stereocenters. The quantitative estimate of drug-likeness (QED) is 0.612. The van der Waals surface area contributed by atoms with Gasteiger partial charge in [-0.2, -0.15) is 5.10 Å². The number of hydrogen-bond donors (Lipinski definition) is 1. The number of aryl methyl sites for hydroxylation is 1. The first-order valence-corrected chi connectivity index (χ1v) is 6.00. The van der Waals surface area contributed by atoms with Crippen molar-refractivity contribution in [2.45, 2.75) is 24.6 Å². The van der Waals surface area contributed by atoms with Gasteiger partial charge in [-0.3, -0.25) is 4.68 Å². The van der Waals surface area contributed by atoms with Gasteiger partial charge in [0, 0.05) is 18.6 Å². The van der Waals surface area contributed by atoms with Crippen molar-refractivity contribution in [1.29, 1.82) is 0 Å². The summed E-state index contributed by atoms with van der Waals surface area (Å²) < 4.78 is 1.85. The maximum Gasteiger partial charge on any atom is 0.0522 e. The molecule has 84 valence electrons. The second-order valence-electron chi connectivity index (χ2n) is 4.41. The second kappa shape index (κ2) is 4.99. The molecule has 1 aromatic rings. The van der Waals surface area contributed by atoms with Crippen molar-refractivity contribution in [2.75, 3.05) is 13.1 Å². The highest BCUT2D eigenvalue weighted by molar-refractivity contribution is 6.21. The van der Waals surface area contributed by atoms with E-state index in [0.29, 0.717) is 5.38 Å². The zero-order chi connectivity index (χ0) is 10.7. The first kappa shape index (κ1) is 11.0. The van der Waals surface area contributed by atoms with Gasteiger partial charge in [0.05, 0.1) is 6.20 Å². The van der Waals surface area contributed by atoms with Crippen LogP contribution in [0.5, 0.6) is 0 Å². The SMILES string of the molecule is Cn1cc(CCNCC2CC(Cl)C2)cn1. The minimum Gasteiger partial charge on any atom is -0.316 e. The lowest BCUT2D eigenvalue weighted by Gasteiger charge is -2.30.